The Balaban J connectivity index is 1.32. The summed E-state index contributed by atoms with van der Waals surface area (Å²) >= 11 is 1.20. The summed E-state index contributed by atoms with van der Waals surface area (Å²) in [4.78, 5) is 35.0. The number of amides is 2. The van der Waals surface area contributed by atoms with E-state index < -0.39 is 4.92 Å². The molecule has 0 spiro atoms. The molecule has 2 N–H and O–H groups in total. The van der Waals surface area contributed by atoms with Gasteiger partial charge in [0.2, 0.25) is 5.91 Å². The molecule has 0 radical (unpaired) electrons. The number of carbonyl (C=O) groups is 2. The maximum Gasteiger partial charge on any atom is 0.271 e. The van der Waals surface area contributed by atoms with Crippen LogP contribution in [0, 0.1) is 10.1 Å². The van der Waals surface area contributed by atoms with Crippen molar-refractivity contribution >= 4 is 40.6 Å². The van der Waals surface area contributed by atoms with Gasteiger partial charge >= 0.3 is 0 Å². The molecule has 0 aliphatic heterocycles. The van der Waals surface area contributed by atoms with Crippen molar-refractivity contribution in [1.29, 1.82) is 0 Å². The Hall–Kier alpha value is -4.52. The molecule has 12 nitrogen and oxygen atoms in total. The van der Waals surface area contributed by atoms with Crippen LogP contribution in [-0.4, -0.2) is 56.0 Å². The van der Waals surface area contributed by atoms with Crippen LogP contribution in [0.4, 0.5) is 11.4 Å². The molecule has 4 rings (SSSR count). The predicted molar refractivity (Wildman–Crippen MR) is 132 cm³/mol. The van der Waals surface area contributed by atoms with E-state index in [1.54, 1.807) is 54.1 Å². The van der Waals surface area contributed by atoms with Gasteiger partial charge in [0.1, 0.15) is 10.8 Å². The van der Waals surface area contributed by atoms with Crippen molar-refractivity contribution < 1.29 is 19.2 Å². The first-order valence-corrected chi connectivity index (χ1v) is 11.7. The molecular formula is C23H21N7O5S. The van der Waals surface area contributed by atoms with Crippen molar-refractivity contribution in [2.45, 2.75) is 11.4 Å². The summed E-state index contributed by atoms with van der Waals surface area (Å²) in [5.41, 5.74) is 1.29. The van der Waals surface area contributed by atoms with E-state index >= 15 is 0 Å². The van der Waals surface area contributed by atoms with E-state index in [1.165, 1.54) is 30.0 Å². The minimum absolute atomic E-state index is 0.0522. The Kier molecular flexibility index (Phi) is 7.70. The highest BCUT2D eigenvalue weighted by molar-refractivity contribution is 7.99. The third-order valence-electron chi connectivity index (χ3n) is 4.98. The summed E-state index contributed by atoms with van der Waals surface area (Å²) in [6.07, 6.45) is 0.400. The molecule has 0 saturated carbocycles. The number of methoxy groups -OCH3 is 1. The summed E-state index contributed by atoms with van der Waals surface area (Å²) in [7, 11) is 1.56. The third-order valence-corrected chi connectivity index (χ3v) is 5.90. The number of fused-ring (bicyclic) bond motifs is 1. The molecule has 2 amide bonds. The number of benzene rings is 2. The molecule has 13 heteroatoms. The number of aromatic nitrogens is 4. The molecule has 4 aromatic rings. The standard InChI is InChI=1S/C23H21N7O5S/c1-35-18-7-5-15(6-8-18)23(32)24-12-11-20-27-26-19-9-10-22(28-29(19)20)36-14-21(31)25-16-3-2-4-17(13-16)30(33)34/h2-10,13H,11-12,14H2,1H3,(H,24,32)(H,25,31). The van der Waals surface area contributed by atoms with Gasteiger partial charge in [0.05, 0.1) is 17.8 Å². The SMILES string of the molecule is COc1ccc(C(=O)NCCc2nnc3ccc(SCC(=O)Nc4cccc([N+](=O)[O-])c4)nn23)cc1. The molecule has 0 aliphatic rings. The van der Waals surface area contributed by atoms with Gasteiger partial charge in [-0.05, 0) is 42.5 Å². The average molecular weight is 508 g/mol. The lowest BCUT2D eigenvalue weighted by Crippen LogP contribution is -2.26. The number of ether oxygens (including phenoxy) is 1. The Labute approximate surface area is 209 Å². The fourth-order valence-electron chi connectivity index (χ4n) is 3.22. The zero-order chi connectivity index (χ0) is 25.5. The fraction of sp³-hybridized carbons (Fsp3) is 0.174. The highest BCUT2D eigenvalue weighted by Crippen LogP contribution is 2.19. The van der Waals surface area contributed by atoms with Crippen LogP contribution in [0.25, 0.3) is 5.65 Å². The van der Waals surface area contributed by atoms with Gasteiger partial charge in [0, 0.05) is 36.3 Å². The quantitative estimate of drug-likeness (QED) is 0.187. The van der Waals surface area contributed by atoms with Crippen LogP contribution < -0.4 is 15.4 Å². The molecule has 0 unspecified atom stereocenters. The van der Waals surface area contributed by atoms with Crippen LogP contribution in [0.2, 0.25) is 0 Å². The van der Waals surface area contributed by atoms with Gasteiger partial charge in [-0.2, -0.15) is 9.61 Å². The number of hydrogen-bond acceptors (Lipinski definition) is 9. The van der Waals surface area contributed by atoms with Crippen molar-refractivity contribution in [2.24, 2.45) is 0 Å². The average Bonchev–Trinajstić information content (AvgIpc) is 3.29. The van der Waals surface area contributed by atoms with Crippen LogP contribution in [0.1, 0.15) is 16.2 Å². The number of non-ortho nitro benzene ring substituents is 1. The van der Waals surface area contributed by atoms with Gasteiger partial charge < -0.3 is 15.4 Å². The molecule has 2 aromatic heterocycles. The van der Waals surface area contributed by atoms with Crippen LogP contribution in [0.3, 0.4) is 0 Å². The van der Waals surface area contributed by atoms with Crippen molar-refractivity contribution in [3.63, 3.8) is 0 Å². The minimum Gasteiger partial charge on any atom is -0.497 e. The van der Waals surface area contributed by atoms with E-state index in [1.807, 2.05) is 0 Å². The first-order chi connectivity index (χ1) is 17.4. The minimum atomic E-state index is -0.523. The topological polar surface area (TPSA) is 154 Å². The molecule has 0 atom stereocenters. The van der Waals surface area contributed by atoms with Crippen LogP contribution in [0.5, 0.6) is 5.75 Å². The van der Waals surface area contributed by atoms with Crippen molar-refractivity contribution in [3.8, 4) is 5.75 Å². The first-order valence-electron chi connectivity index (χ1n) is 10.7. The van der Waals surface area contributed by atoms with Gasteiger partial charge in [-0.1, -0.05) is 17.8 Å². The van der Waals surface area contributed by atoms with Gasteiger partial charge in [0.15, 0.2) is 11.5 Å². The summed E-state index contributed by atoms with van der Waals surface area (Å²) < 4.78 is 6.67. The maximum atomic E-state index is 12.3. The molecule has 2 aromatic carbocycles. The zero-order valence-corrected chi connectivity index (χ0v) is 19.9. The lowest BCUT2D eigenvalue weighted by atomic mass is 10.2. The number of nitrogens with zero attached hydrogens (tertiary/aromatic N) is 5. The fourth-order valence-corrected chi connectivity index (χ4v) is 3.87. The number of carbonyl (C=O) groups excluding carboxylic acids is 2. The lowest BCUT2D eigenvalue weighted by Gasteiger charge is -2.06. The van der Waals surface area contributed by atoms with E-state index in [2.05, 4.69) is 25.9 Å². The van der Waals surface area contributed by atoms with Gasteiger partial charge in [-0.25, -0.2) is 0 Å². The molecule has 0 aliphatic carbocycles. The number of thioether (sulfide) groups is 1. The molecule has 36 heavy (non-hydrogen) atoms. The Morgan fingerprint density at radius 3 is 2.67 bits per heavy atom. The monoisotopic (exact) mass is 507 g/mol. The molecule has 2 heterocycles. The molecule has 184 valence electrons. The van der Waals surface area contributed by atoms with Crippen molar-refractivity contribution in [2.75, 3.05) is 24.7 Å². The summed E-state index contributed by atoms with van der Waals surface area (Å²) in [5, 5.41) is 29.7. The van der Waals surface area contributed by atoms with Gasteiger partial charge in [-0.15, -0.1) is 10.2 Å². The summed E-state index contributed by atoms with van der Waals surface area (Å²) in [6, 6.07) is 16.0. The second kappa shape index (κ2) is 11.3. The Morgan fingerprint density at radius 2 is 1.92 bits per heavy atom. The maximum absolute atomic E-state index is 12.3. The van der Waals surface area contributed by atoms with Crippen LogP contribution >= 0.6 is 11.8 Å². The van der Waals surface area contributed by atoms with Gasteiger partial charge in [0.25, 0.3) is 11.6 Å². The first kappa shape index (κ1) is 24.6. The second-order valence-electron chi connectivity index (χ2n) is 7.44. The highest BCUT2D eigenvalue weighted by atomic mass is 32.2. The number of nitro groups is 1. The smallest absolute Gasteiger partial charge is 0.271 e. The van der Waals surface area contributed by atoms with E-state index in [-0.39, 0.29) is 23.3 Å². The largest absolute Gasteiger partial charge is 0.497 e. The van der Waals surface area contributed by atoms with E-state index in [9.17, 15) is 19.7 Å². The number of rotatable bonds is 10. The van der Waals surface area contributed by atoms with E-state index in [4.69, 9.17) is 4.74 Å². The lowest BCUT2D eigenvalue weighted by molar-refractivity contribution is -0.384. The number of anilines is 1. The van der Waals surface area contributed by atoms with E-state index in [0.29, 0.717) is 46.5 Å². The number of hydrogen-bond donors (Lipinski definition) is 2. The normalized spacial score (nSPS) is 10.7. The molecular weight excluding hydrogens is 486 g/mol. The predicted octanol–water partition coefficient (Wildman–Crippen LogP) is 2.74. The Bertz CT molecular complexity index is 1410. The molecule has 0 bridgehead atoms. The van der Waals surface area contributed by atoms with Crippen molar-refractivity contribution in [1.82, 2.24) is 25.1 Å². The van der Waals surface area contributed by atoms with E-state index in [0.717, 1.165) is 0 Å². The Morgan fingerprint density at radius 1 is 1.11 bits per heavy atom. The third kappa shape index (κ3) is 6.13. The molecule has 0 fully saturated rings. The van der Waals surface area contributed by atoms with Crippen LogP contribution in [-0.2, 0) is 11.2 Å². The highest BCUT2D eigenvalue weighted by Gasteiger charge is 2.12. The second-order valence-corrected chi connectivity index (χ2v) is 8.43. The molecule has 0 saturated heterocycles. The van der Waals surface area contributed by atoms with Crippen LogP contribution in [0.15, 0.2) is 65.7 Å². The van der Waals surface area contributed by atoms with Gasteiger partial charge in [-0.3, -0.25) is 19.7 Å². The zero-order valence-electron chi connectivity index (χ0n) is 19.1. The number of nitro benzene ring substituents is 1. The number of nitrogens with one attached hydrogen (secondary N) is 2. The van der Waals surface area contributed by atoms with Crippen molar-refractivity contribution in [3.05, 3.63) is 82.2 Å². The summed E-state index contributed by atoms with van der Waals surface area (Å²) in [6.45, 7) is 0.330. The summed E-state index contributed by atoms with van der Waals surface area (Å²) in [5.74, 6) is 0.737.